The van der Waals surface area contributed by atoms with Crippen molar-refractivity contribution in [3.8, 4) is 0 Å². The molecule has 0 aliphatic heterocycles. The minimum absolute atomic E-state index is 0. The summed E-state index contributed by atoms with van der Waals surface area (Å²) in [7, 11) is 3.33. The zero-order valence-corrected chi connectivity index (χ0v) is 45.9. The summed E-state index contributed by atoms with van der Waals surface area (Å²) in [6.07, 6.45) is 14.4. The monoisotopic (exact) mass is 937 g/mol. The molecule has 0 radical (unpaired) electrons. The quantitative estimate of drug-likeness (QED) is 0.0609. The molecule has 0 saturated heterocycles. The maximum Gasteiger partial charge on any atom is 0.0703 e. The van der Waals surface area contributed by atoms with Gasteiger partial charge in [-0.15, -0.1) is 0 Å². The summed E-state index contributed by atoms with van der Waals surface area (Å²) in [5, 5.41) is 8.30. The highest BCUT2D eigenvalue weighted by Crippen LogP contribution is 2.00. The van der Waals surface area contributed by atoms with Gasteiger partial charge in [-0.2, -0.15) is 0 Å². The Labute approximate surface area is 401 Å². The van der Waals surface area contributed by atoms with Crippen LogP contribution in [0.4, 0.5) is 0 Å². The molecule has 0 spiro atoms. The van der Waals surface area contributed by atoms with Gasteiger partial charge < -0.3 is 57.2 Å². The standard InChI is InChI=1S/C9H20O.C8H18O3.C8H18O2.C8H18O.2C6H14O2.C6H14O.CH4/c1-4-5-6-7-8-10-9(2)3;1-8(2)11-7-6-10-5-4-9-3;1-4-5-9-6-7-10-8(2)3;1-4-5-6-7-9-8(2)3;1-6(2)8-5-4-7-3;1-6(2)8-5-3-4-7;1-4-5-7-6(2)3;/h9H,4-8H2,1-3H3;8H,4-7H2,1-3H3;8H,4-7H2,1-3H3;8H,4-7H2,1-3H3;6H,4-5H2,1-3H3;6-7H,3-5H2,1-2H3;6H,4-5H2,1-3H3;1H4. The molecular weight excluding hydrogens is 817 g/mol. The molecule has 0 aromatic carbocycles. The molecule has 0 aliphatic rings. The first kappa shape index (κ1) is 80.5. The number of hydrogen-bond donors (Lipinski definition) is 1. The molecule has 64 heavy (non-hydrogen) atoms. The molecule has 0 unspecified atom stereocenters. The smallest absolute Gasteiger partial charge is 0.0703 e. The average molecular weight is 938 g/mol. The largest absolute Gasteiger partial charge is 0.396 e. The predicted octanol–water partition coefficient (Wildman–Crippen LogP) is 12.8. The summed E-state index contributed by atoms with van der Waals surface area (Å²) in [5.41, 5.74) is 0. The molecule has 12 heteroatoms. The molecule has 0 rings (SSSR count). The lowest BCUT2D eigenvalue weighted by molar-refractivity contribution is 0.00514. The molecule has 400 valence electrons. The van der Waals surface area contributed by atoms with Crippen molar-refractivity contribution in [2.24, 2.45) is 0 Å². The first-order valence-corrected chi connectivity index (χ1v) is 24.9. The fourth-order valence-corrected chi connectivity index (χ4v) is 3.80. The maximum absolute atomic E-state index is 8.30. The molecule has 0 aromatic heterocycles. The summed E-state index contributed by atoms with van der Waals surface area (Å²) >= 11 is 0. The number of aliphatic hydroxyl groups excluding tert-OH is 1. The van der Waals surface area contributed by atoms with Gasteiger partial charge in [-0.25, -0.2) is 0 Å². The van der Waals surface area contributed by atoms with Crippen molar-refractivity contribution >= 4 is 0 Å². The van der Waals surface area contributed by atoms with Crippen LogP contribution in [0.5, 0.6) is 0 Å². The Morgan fingerprint density at radius 1 is 0.281 bits per heavy atom. The maximum atomic E-state index is 8.30. The van der Waals surface area contributed by atoms with Crippen LogP contribution in [0.1, 0.15) is 196 Å². The minimum Gasteiger partial charge on any atom is -0.396 e. The van der Waals surface area contributed by atoms with Gasteiger partial charge in [-0.3, -0.25) is 0 Å². The third-order valence-electron chi connectivity index (χ3n) is 6.93. The highest BCUT2D eigenvalue weighted by atomic mass is 16.5. The first-order chi connectivity index (χ1) is 29.9. The third kappa shape index (κ3) is 131. The lowest BCUT2D eigenvalue weighted by Crippen LogP contribution is -2.11. The van der Waals surface area contributed by atoms with Gasteiger partial charge in [0.1, 0.15) is 0 Å². The summed E-state index contributed by atoms with van der Waals surface area (Å²) in [6.45, 7) is 47.1. The van der Waals surface area contributed by atoms with Gasteiger partial charge in [0.15, 0.2) is 0 Å². The van der Waals surface area contributed by atoms with Gasteiger partial charge in [-0.05, 0) is 129 Å². The SMILES string of the molecule is C.CC(C)OCCCO.CCCCCCOC(C)C.CCCCCOC(C)C.CCCOC(C)C.CCCOCCOC(C)C.COCCOC(C)C.COCCOCCOC(C)C. The Balaban J connectivity index is -0.0000000955. The van der Waals surface area contributed by atoms with Crippen molar-refractivity contribution in [1.29, 1.82) is 0 Å². The van der Waals surface area contributed by atoms with E-state index in [1.807, 2.05) is 55.4 Å². The molecule has 1 N–H and O–H groups in total. The number of hydrogen-bond acceptors (Lipinski definition) is 12. The van der Waals surface area contributed by atoms with Crippen molar-refractivity contribution in [3.05, 3.63) is 0 Å². The van der Waals surface area contributed by atoms with Crippen LogP contribution in [-0.4, -0.2) is 155 Å². The zero-order valence-electron chi connectivity index (χ0n) is 45.9. The van der Waals surface area contributed by atoms with Crippen LogP contribution in [0, 0.1) is 0 Å². The predicted molar refractivity (Wildman–Crippen MR) is 276 cm³/mol. The topological polar surface area (TPSA) is 122 Å². The minimum atomic E-state index is 0. The zero-order chi connectivity index (χ0) is 49.8. The van der Waals surface area contributed by atoms with Crippen LogP contribution in [0.25, 0.3) is 0 Å². The number of unbranched alkanes of at least 4 members (excludes halogenated alkanes) is 5. The van der Waals surface area contributed by atoms with E-state index in [9.17, 15) is 0 Å². The molecule has 0 atom stereocenters. The summed E-state index contributed by atoms with van der Waals surface area (Å²) in [6, 6.07) is 0. The van der Waals surface area contributed by atoms with Crippen LogP contribution < -0.4 is 0 Å². The van der Waals surface area contributed by atoms with Crippen molar-refractivity contribution in [3.63, 3.8) is 0 Å². The van der Waals surface area contributed by atoms with E-state index >= 15 is 0 Å². The molecular formula is C52H120O12. The van der Waals surface area contributed by atoms with Crippen LogP contribution in [-0.2, 0) is 52.1 Å². The molecule has 0 saturated carbocycles. The highest BCUT2D eigenvalue weighted by Gasteiger charge is 1.95. The number of methoxy groups -OCH3 is 2. The normalized spacial score (nSPS) is 10.5. The molecule has 0 heterocycles. The van der Waals surface area contributed by atoms with Crippen molar-refractivity contribution < 1.29 is 57.2 Å². The van der Waals surface area contributed by atoms with E-state index in [0.29, 0.717) is 89.0 Å². The Hall–Kier alpha value is -0.480. The Bertz CT molecular complexity index is 649. The van der Waals surface area contributed by atoms with Gasteiger partial charge in [0, 0.05) is 53.9 Å². The van der Waals surface area contributed by atoms with Gasteiger partial charge in [0.25, 0.3) is 0 Å². The second-order valence-electron chi connectivity index (χ2n) is 16.5. The van der Waals surface area contributed by atoms with Crippen LogP contribution in [0.15, 0.2) is 0 Å². The Morgan fingerprint density at radius 2 is 0.547 bits per heavy atom. The fraction of sp³-hybridized carbons (Fsp3) is 1.00. The molecule has 0 bridgehead atoms. The molecule has 12 nitrogen and oxygen atoms in total. The Kier molecular flexibility index (Phi) is 96.6. The van der Waals surface area contributed by atoms with E-state index in [1.54, 1.807) is 14.2 Å². The van der Waals surface area contributed by atoms with Crippen LogP contribution in [0.2, 0.25) is 0 Å². The van der Waals surface area contributed by atoms with E-state index in [-0.39, 0.29) is 14.0 Å². The number of rotatable bonds is 35. The summed E-state index contributed by atoms with van der Waals surface area (Å²) in [5.74, 6) is 0. The van der Waals surface area contributed by atoms with Gasteiger partial charge in [0.2, 0.25) is 0 Å². The molecule has 0 aromatic rings. The van der Waals surface area contributed by atoms with Crippen molar-refractivity contribution in [2.45, 2.75) is 239 Å². The Morgan fingerprint density at radius 3 is 0.859 bits per heavy atom. The summed E-state index contributed by atoms with van der Waals surface area (Å²) < 4.78 is 56.7. The fourth-order valence-electron chi connectivity index (χ4n) is 3.80. The lowest BCUT2D eigenvalue weighted by atomic mass is 10.2. The van der Waals surface area contributed by atoms with Crippen LogP contribution in [0.3, 0.4) is 0 Å². The second-order valence-corrected chi connectivity index (χ2v) is 16.5. The van der Waals surface area contributed by atoms with E-state index in [4.69, 9.17) is 57.2 Å². The van der Waals surface area contributed by atoms with E-state index in [1.165, 1.54) is 44.9 Å². The van der Waals surface area contributed by atoms with Crippen molar-refractivity contribution in [2.75, 3.05) is 107 Å². The number of ether oxygens (including phenoxy) is 11. The molecule has 0 aliphatic carbocycles. The average Bonchev–Trinajstić information content (AvgIpc) is 3.21. The van der Waals surface area contributed by atoms with Gasteiger partial charge in [0.05, 0.1) is 95.6 Å². The van der Waals surface area contributed by atoms with E-state index in [2.05, 4.69) is 69.2 Å². The van der Waals surface area contributed by atoms with E-state index in [0.717, 1.165) is 58.9 Å². The lowest BCUT2D eigenvalue weighted by Gasteiger charge is -2.07. The van der Waals surface area contributed by atoms with Crippen molar-refractivity contribution in [1.82, 2.24) is 0 Å². The molecule has 0 fully saturated rings. The van der Waals surface area contributed by atoms with Crippen LogP contribution >= 0.6 is 0 Å². The highest BCUT2D eigenvalue weighted by molar-refractivity contribution is 4.43. The second kappa shape index (κ2) is 76.8. The summed E-state index contributed by atoms with van der Waals surface area (Å²) in [4.78, 5) is 0. The van der Waals surface area contributed by atoms with E-state index < -0.39 is 0 Å². The molecule has 0 amide bonds. The van der Waals surface area contributed by atoms with Gasteiger partial charge in [-0.1, -0.05) is 67.2 Å². The van der Waals surface area contributed by atoms with Gasteiger partial charge >= 0.3 is 0 Å². The number of aliphatic hydroxyl groups is 1. The third-order valence-corrected chi connectivity index (χ3v) is 6.93. The first-order valence-electron chi connectivity index (χ1n) is 24.9.